The van der Waals surface area contributed by atoms with Crippen molar-refractivity contribution in [2.75, 3.05) is 19.8 Å². The SMILES string of the molecule is Cc1ccc(CCNNC(=O)[C@@]2(Cc3ccccc3)N=C(c3ccc(OCCCO)cc3)O[C@H]2c2ccccc2N=[N+]=[N-])cc1. The zero-order valence-corrected chi connectivity index (χ0v) is 25.1. The van der Waals surface area contributed by atoms with E-state index in [4.69, 9.17) is 19.6 Å². The molecule has 45 heavy (non-hydrogen) atoms. The second kappa shape index (κ2) is 15.0. The van der Waals surface area contributed by atoms with E-state index >= 15 is 0 Å². The van der Waals surface area contributed by atoms with Crippen LogP contribution in [0, 0.1) is 6.92 Å². The summed E-state index contributed by atoms with van der Waals surface area (Å²) in [5.41, 5.74) is 18.7. The Hall–Kier alpha value is -5.15. The number of rotatable bonds is 14. The van der Waals surface area contributed by atoms with E-state index in [0.29, 0.717) is 48.6 Å². The molecule has 5 rings (SSSR count). The second-order valence-electron chi connectivity index (χ2n) is 10.8. The first-order valence-electron chi connectivity index (χ1n) is 14.9. The third kappa shape index (κ3) is 7.69. The lowest BCUT2D eigenvalue weighted by Crippen LogP contribution is -2.54. The van der Waals surface area contributed by atoms with Crippen LogP contribution in [0.25, 0.3) is 10.4 Å². The third-order valence-corrected chi connectivity index (χ3v) is 7.58. The number of carbonyl (C=O) groups is 1. The molecule has 1 aliphatic rings. The number of hydrazine groups is 1. The van der Waals surface area contributed by atoms with Crippen LogP contribution >= 0.6 is 0 Å². The van der Waals surface area contributed by atoms with E-state index in [1.807, 2.05) is 55.5 Å². The number of hydrogen-bond donors (Lipinski definition) is 3. The van der Waals surface area contributed by atoms with Crippen LogP contribution in [0.4, 0.5) is 5.69 Å². The van der Waals surface area contributed by atoms with Gasteiger partial charge in [-0.3, -0.25) is 10.2 Å². The first-order chi connectivity index (χ1) is 22.0. The fraction of sp³-hybridized carbons (Fsp3) is 0.257. The maximum absolute atomic E-state index is 14.4. The predicted octanol–water partition coefficient (Wildman–Crippen LogP) is 6.06. The standard InChI is InChI=1S/C35H36N6O4/c1-25-12-14-26(15-13-25)20-21-37-40-34(43)35(24-27-8-3-2-4-9-27)32(30-10-5-6-11-31(30)39-41-36)45-33(38-35)28-16-18-29(19-17-28)44-23-7-22-42/h2-6,8-19,32,37,42H,7,20-24H2,1H3,(H,40,43)/t32-,35-/m0/s1. The number of azide groups is 1. The number of aryl methyl sites for hydroxylation is 1. The Bertz CT molecular complexity index is 1650. The summed E-state index contributed by atoms with van der Waals surface area (Å²) in [6.45, 7) is 2.99. The molecule has 2 atom stereocenters. The molecule has 0 saturated heterocycles. The van der Waals surface area contributed by atoms with Gasteiger partial charge in [0.05, 0.1) is 6.61 Å². The van der Waals surface area contributed by atoms with E-state index < -0.39 is 11.6 Å². The fourth-order valence-electron chi connectivity index (χ4n) is 5.23. The van der Waals surface area contributed by atoms with Crippen molar-refractivity contribution >= 4 is 17.5 Å². The van der Waals surface area contributed by atoms with Gasteiger partial charge < -0.3 is 14.6 Å². The van der Waals surface area contributed by atoms with Crippen molar-refractivity contribution in [3.63, 3.8) is 0 Å². The molecular weight excluding hydrogens is 568 g/mol. The van der Waals surface area contributed by atoms with Crippen LogP contribution in [-0.2, 0) is 22.4 Å². The molecule has 0 aromatic heterocycles. The van der Waals surface area contributed by atoms with Crippen molar-refractivity contribution in [2.24, 2.45) is 10.1 Å². The van der Waals surface area contributed by atoms with Crippen molar-refractivity contribution in [3.8, 4) is 5.75 Å². The lowest BCUT2D eigenvalue weighted by atomic mass is 9.81. The average Bonchev–Trinajstić information content (AvgIpc) is 3.45. The summed E-state index contributed by atoms with van der Waals surface area (Å²) in [5, 5.41) is 13.0. The third-order valence-electron chi connectivity index (χ3n) is 7.58. The summed E-state index contributed by atoms with van der Waals surface area (Å²) >= 11 is 0. The van der Waals surface area contributed by atoms with E-state index in [2.05, 4.69) is 45.1 Å². The molecule has 230 valence electrons. The number of benzene rings is 4. The van der Waals surface area contributed by atoms with Gasteiger partial charge in [-0.15, -0.1) is 0 Å². The molecule has 0 spiro atoms. The zero-order valence-electron chi connectivity index (χ0n) is 25.1. The van der Waals surface area contributed by atoms with Crippen LogP contribution in [0.15, 0.2) is 113 Å². The van der Waals surface area contributed by atoms with E-state index in [1.165, 1.54) is 5.56 Å². The lowest BCUT2D eigenvalue weighted by Gasteiger charge is -2.31. The monoisotopic (exact) mass is 604 g/mol. The Balaban J connectivity index is 1.50. The number of carbonyl (C=O) groups excluding carboxylic acids is 1. The van der Waals surface area contributed by atoms with Crippen LogP contribution in [0.1, 0.15) is 40.3 Å². The molecule has 0 fully saturated rings. The maximum Gasteiger partial charge on any atom is 0.266 e. The van der Waals surface area contributed by atoms with Gasteiger partial charge in [0.15, 0.2) is 11.6 Å². The number of ether oxygens (including phenoxy) is 2. The number of amides is 1. The van der Waals surface area contributed by atoms with Gasteiger partial charge in [0.1, 0.15) is 5.75 Å². The molecule has 3 N–H and O–H groups in total. The highest BCUT2D eigenvalue weighted by molar-refractivity contribution is 6.01. The molecule has 10 heteroatoms. The number of aliphatic hydroxyl groups excluding tert-OH is 1. The molecule has 4 aromatic carbocycles. The highest BCUT2D eigenvalue weighted by atomic mass is 16.5. The first kappa shape index (κ1) is 31.3. The van der Waals surface area contributed by atoms with Gasteiger partial charge in [-0.2, -0.15) is 0 Å². The summed E-state index contributed by atoms with van der Waals surface area (Å²) < 4.78 is 12.2. The highest BCUT2D eigenvalue weighted by Gasteiger charge is 2.54. The first-order valence-corrected chi connectivity index (χ1v) is 14.9. The molecule has 0 radical (unpaired) electrons. The minimum absolute atomic E-state index is 0.0494. The zero-order chi connectivity index (χ0) is 31.5. The lowest BCUT2D eigenvalue weighted by molar-refractivity contribution is -0.130. The summed E-state index contributed by atoms with van der Waals surface area (Å²) in [6, 6.07) is 32.2. The predicted molar refractivity (Wildman–Crippen MR) is 173 cm³/mol. The summed E-state index contributed by atoms with van der Waals surface area (Å²) in [7, 11) is 0. The molecule has 1 amide bonds. The van der Waals surface area contributed by atoms with Gasteiger partial charge in [0.2, 0.25) is 5.90 Å². The molecule has 10 nitrogen and oxygen atoms in total. The Labute approximate surface area is 262 Å². The maximum atomic E-state index is 14.4. The Morgan fingerprint density at radius 3 is 2.47 bits per heavy atom. The second-order valence-corrected chi connectivity index (χ2v) is 10.8. The molecule has 1 heterocycles. The summed E-state index contributed by atoms with van der Waals surface area (Å²) in [6.07, 6.45) is 0.557. The molecule has 0 saturated carbocycles. The van der Waals surface area contributed by atoms with Crippen molar-refractivity contribution < 1.29 is 19.4 Å². The normalized spacial score (nSPS) is 17.1. The Morgan fingerprint density at radius 2 is 1.73 bits per heavy atom. The van der Waals surface area contributed by atoms with Crippen LogP contribution < -0.4 is 15.6 Å². The molecule has 0 unspecified atom stereocenters. The van der Waals surface area contributed by atoms with Crippen LogP contribution in [0.3, 0.4) is 0 Å². The summed E-state index contributed by atoms with van der Waals surface area (Å²) in [4.78, 5) is 22.4. The highest BCUT2D eigenvalue weighted by Crippen LogP contribution is 2.45. The van der Waals surface area contributed by atoms with Crippen molar-refractivity contribution in [1.82, 2.24) is 10.9 Å². The molecule has 0 aliphatic carbocycles. The minimum atomic E-state index is -1.45. The van der Waals surface area contributed by atoms with Gasteiger partial charge in [-0.25, -0.2) is 10.4 Å². The number of nitrogens with one attached hydrogen (secondary N) is 2. The van der Waals surface area contributed by atoms with Crippen molar-refractivity contribution in [3.05, 3.63) is 141 Å². The van der Waals surface area contributed by atoms with E-state index in [-0.39, 0.29) is 24.8 Å². The van der Waals surface area contributed by atoms with Crippen LogP contribution in [0.2, 0.25) is 0 Å². The van der Waals surface area contributed by atoms with Crippen LogP contribution in [0.5, 0.6) is 5.75 Å². The Kier molecular flexibility index (Phi) is 10.4. The molecular formula is C35H36N6O4. The quantitative estimate of drug-likeness (QED) is 0.0527. The average molecular weight is 605 g/mol. The summed E-state index contributed by atoms with van der Waals surface area (Å²) in [5.74, 6) is 0.542. The molecule has 1 aliphatic heterocycles. The van der Waals surface area contributed by atoms with Crippen LogP contribution in [-0.4, -0.2) is 42.2 Å². The molecule has 0 bridgehead atoms. The van der Waals surface area contributed by atoms with Crippen molar-refractivity contribution in [2.45, 2.75) is 37.8 Å². The molecule has 4 aromatic rings. The van der Waals surface area contributed by atoms with Gasteiger partial charge >= 0.3 is 0 Å². The van der Waals surface area contributed by atoms with E-state index in [0.717, 1.165) is 11.1 Å². The smallest absolute Gasteiger partial charge is 0.266 e. The fourth-order valence-corrected chi connectivity index (χ4v) is 5.23. The van der Waals surface area contributed by atoms with Gasteiger partial charge in [0, 0.05) is 47.7 Å². The minimum Gasteiger partial charge on any atom is -0.494 e. The van der Waals surface area contributed by atoms with E-state index in [1.54, 1.807) is 30.3 Å². The number of hydrogen-bond acceptors (Lipinski definition) is 7. The van der Waals surface area contributed by atoms with Gasteiger partial charge in [-0.1, -0.05) is 89.5 Å². The Morgan fingerprint density at radius 1 is 1.00 bits per heavy atom. The topological polar surface area (TPSA) is 141 Å². The van der Waals surface area contributed by atoms with Crippen molar-refractivity contribution in [1.29, 1.82) is 0 Å². The largest absolute Gasteiger partial charge is 0.494 e. The number of aliphatic hydroxyl groups is 1. The number of aliphatic imine (C=N–C) groups is 1. The van der Waals surface area contributed by atoms with Gasteiger partial charge in [0.25, 0.3) is 5.91 Å². The van der Waals surface area contributed by atoms with E-state index in [9.17, 15) is 10.3 Å². The number of nitrogens with zero attached hydrogens (tertiary/aromatic N) is 4. The van der Waals surface area contributed by atoms with Gasteiger partial charge in [-0.05, 0) is 54.3 Å².